The van der Waals surface area contributed by atoms with Crippen LogP contribution >= 0.6 is 15.9 Å². The van der Waals surface area contributed by atoms with Gasteiger partial charge in [-0.3, -0.25) is 0 Å². The minimum absolute atomic E-state index is 0.0972. The predicted molar refractivity (Wildman–Crippen MR) is 89.7 cm³/mol. The van der Waals surface area contributed by atoms with Gasteiger partial charge in [-0.05, 0) is 29.7 Å². The molecule has 0 spiro atoms. The Morgan fingerprint density at radius 1 is 1.14 bits per heavy atom. The highest BCUT2D eigenvalue weighted by molar-refractivity contribution is 9.10. The maximum absolute atomic E-state index is 14.2. The average molecular weight is 350 g/mol. The van der Waals surface area contributed by atoms with Crippen LogP contribution in [0.4, 0.5) is 4.39 Å². The molecule has 0 amide bonds. The summed E-state index contributed by atoms with van der Waals surface area (Å²) in [4.78, 5) is 0. The number of benzene rings is 2. The molecule has 0 saturated heterocycles. The van der Waals surface area contributed by atoms with E-state index in [1.807, 2.05) is 18.2 Å². The summed E-state index contributed by atoms with van der Waals surface area (Å²) in [5, 5.41) is 0. The van der Waals surface area contributed by atoms with E-state index in [4.69, 9.17) is 5.73 Å². The Bertz CT molecular complexity index is 585. The van der Waals surface area contributed by atoms with Crippen LogP contribution in [-0.2, 0) is 0 Å². The van der Waals surface area contributed by atoms with Crippen molar-refractivity contribution in [1.29, 1.82) is 0 Å². The normalized spacial score (nSPS) is 15.5. The molecule has 2 N–H and O–H groups in total. The molecular formula is C18H21BrFN. The van der Waals surface area contributed by atoms with Crippen molar-refractivity contribution in [2.45, 2.75) is 32.2 Å². The van der Waals surface area contributed by atoms with Crippen molar-refractivity contribution in [1.82, 2.24) is 0 Å². The molecule has 112 valence electrons. The number of rotatable bonds is 5. The van der Waals surface area contributed by atoms with Gasteiger partial charge in [0.05, 0.1) is 0 Å². The third-order valence-electron chi connectivity index (χ3n) is 4.15. The molecule has 21 heavy (non-hydrogen) atoms. The number of halogens is 2. The van der Waals surface area contributed by atoms with Crippen molar-refractivity contribution < 1.29 is 4.39 Å². The van der Waals surface area contributed by atoms with Gasteiger partial charge in [0.25, 0.3) is 0 Å². The second kappa shape index (κ2) is 7.19. The summed E-state index contributed by atoms with van der Waals surface area (Å²) in [6.45, 7) is 4.32. The van der Waals surface area contributed by atoms with Crippen molar-refractivity contribution in [3.63, 3.8) is 0 Å². The highest BCUT2D eigenvalue weighted by Crippen LogP contribution is 2.38. The van der Waals surface area contributed by atoms with E-state index in [-0.39, 0.29) is 17.8 Å². The molecule has 0 saturated carbocycles. The van der Waals surface area contributed by atoms with Crippen molar-refractivity contribution in [3.8, 4) is 0 Å². The second-order valence-corrected chi connectivity index (χ2v) is 6.43. The van der Waals surface area contributed by atoms with Crippen LogP contribution in [0.5, 0.6) is 0 Å². The molecular weight excluding hydrogens is 329 g/mol. The maximum Gasteiger partial charge on any atom is 0.128 e. The van der Waals surface area contributed by atoms with Crippen LogP contribution in [-0.4, -0.2) is 0 Å². The number of nitrogens with two attached hydrogens (primary N) is 1. The lowest BCUT2D eigenvalue weighted by Gasteiger charge is -2.30. The molecule has 3 heteroatoms. The maximum atomic E-state index is 14.2. The SMILES string of the molecule is CCC(C)C(c1ccccc1)C(N)c1cc(Br)ccc1F. The topological polar surface area (TPSA) is 26.0 Å². The van der Waals surface area contributed by atoms with Gasteiger partial charge in [0.15, 0.2) is 0 Å². The van der Waals surface area contributed by atoms with E-state index in [1.165, 1.54) is 11.6 Å². The smallest absolute Gasteiger partial charge is 0.128 e. The van der Waals surface area contributed by atoms with E-state index in [2.05, 4.69) is 41.9 Å². The van der Waals surface area contributed by atoms with E-state index in [1.54, 1.807) is 12.1 Å². The monoisotopic (exact) mass is 349 g/mol. The molecule has 0 aliphatic heterocycles. The average Bonchev–Trinajstić information content (AvgIpc) is 2.50. The molecule has 2 rings (SSSR count). The van der Waals surface area contributed by atoms with Crippen molar-refractivity contribution in [3.05, 3.63) is 69.9 Å². The summed E-state index contributed by atoms with van der Waals surface area (Å²) in [6, 6.07) is 14.8. The summed E-state index contributed by atoms with van der Waals surface area (Å²) >= 11 is 3.40. The van der Waals surface area contributed by atoms with E-state index in [0.717, 1.165) is 10.9 Å². The van der Waals surface area contributed by atoms with Gasteiger partial charge >= 0.3 is 0 Å². The van der Waals surface area contributed by atoms with Gasteiger partial charge in [-0.15, -0.1) is 0 Å². The standard InChI is InChI=1S/C18H21BrFN/c1-3-12(2)17(13-7-5-4-6-8-13)18(21)15-11-14(19)9-10-16(15)20/h4-12,17-18H,3,21H2,1-2H3. The zero-order valence-corrected chi connectivity index (χ0v) is 14.0. The van der Waals surface area contributed by atoms with E-state index in [0.29, 0.717) is 11.5 Å². The van der Waals surface area contributed by atoms with Crippen molar-refractivity contribution >= 4 is 15.9 Å². The Labute approximate surface area is 134 Å². The minimum atomic E-state index is -0.361. The summed E-state index contributed by atoms with van der Waals surface area (Å²) in [5.74, 6) is 0.232. The molecule has 0 aromatic heterocycles. The molecule has 0 aliphatic carbocycles. The molecule has 0 heterocycles. The lowest BCUT2D eigenvalue weighted by atomic mass is 9.78. The molecule has 3 atom stereocenters. The molecule has 2 aromatic rings. The van der Waals surface area contributed by atoms with Crippen LogP contribution in [0.1, 0.15) is 43.4 Å². The first-order valence-corrected chi connectivity index (χ1v) is 8.09. The lowest BCUT2D eigenvalue weighted by Crippen LogP contribution is -2.25. The highest BCUT2D eigenvalue weighted by Gasteiger charge is 2.27. The van der Waals surface area contributed by atoms with Gasteiger partial charge in [-0.25, -0.2) is 4.39 Å². The van der Waals surface area contributed by atoms with Gasteiger partial charge in [0.2, 0.25) is 0 Å². The quantitative estimate of drug-likeness (QED) is 0.766. The number of hydrogen-bond acceptors (Lipinski definition) is 1. The van der Waals surface area contributed by atoms with Gasteiger partial charge < -0.3 is 5.73 Å². The van der Waals surface area contributed by atoms with Crippen LogP contribution in [0.25, 0.3) is 0 Å². The van der Waals surface area contributed by atoms with Crippen LogP contribution in [0.2, 0.25) is 0 Å². The molecule has 0 radical (unpaired) electrons. The van der Waals surface area contributed by atoms with Crippen LogP contribution in [0.15, 0.2) is 53.0 Å². The van der Waals surface area contributed by atoms with Crippen LogP contribution in [0.3, 0.4) is 0 Å². The molecule has 2 aromatic carbocycles. The van der Waals surface area contributed by atoms with Crippen molar-refractivity contribution in [2.24, 2.45) is 11.7 Å². The Kier molecular flexibility index (Phi) is 5.54. The second-order valence-electron chi connectivity index (χ2n) is 5.51. The first-order valence-electron chi connectivity index (χ1n) is 7.30. The number of hydrogen-bond donors (Lipinski definition) is 1. The molecule has 3 unspecified atom stereocenters. The predicted octanol–water partition coefficient (Wildman–Crippen LogP) is 5.42. The fourth-order valence-electron chi connectivity index (χ4n) is 2.78. The van der Waals surface area contributed by atoms with Crippen molar-refractivity contribution in [2.75, 3.05) is 0 Å². The highest BCUT2D eigenvalue weighted by atomic mass is 79.9. The fourth-order valence-corrected chi connectivity index (χ4v) is 3.16. The first-order chi connectivity index (χ1) is 10.0. The third kappa shape index (κ3) is 3.72. The fraction of sp³-hybridized carbons (Fsp3) is 0.333. The zero-order chi connectivity index (χ0) is 15.4. The van der Waals surface area contributed by atoms with Gasteiger partial charge in [0, 0.05) is 22.0 Å². The molecule has 0 aliphatic rings. The van der Waals surface area contributed by atoms with E-state index in [9.17, 15) is 4.39 Å². The lowest BCUT2D eigenvalue weighted by molar-refractivity contribution is 0.380. The molecule has 0 fully saturated rings. The van der Waals surface area contributed by atoms with Gasteiger partial charge in [-0.1, -0.05) is 66.5 Å². The summed E-state index contributed by atoms with van der Waals surface area (Å²) in [6.07, 6.45) is 1.00. The van der Waals surface area contributed by atoms with E-state index >= 15 is 0 Å². The third-order valence-corrected chi connectivity index (χ3v) is 4.64. The Hall–Kier alpha value is -1.19. The van der Waals surface area contributed by atoms with Crippen LogP contribution < -0.4 is 5.73 Å². The Balaban J connectivity index is 2.43. The van der Waals surface area contributed by atoms with Crippen LogP contribution in [0, 0.1) is 11.7 Å². The zero-order valence-electron chi connectivity index (χ0n) is 12.4. The summed E-state index contributed by atoms with van der Waals surface area (Å²) < 4.78 is 15.0. The summed E-state index contributed by atoms with van der Waals surface area (Å²) in [7, 11) is 0. The first kappa shape index (κ1) is 16.2. The van der Waals surface area contributed by atoms with Gasteiger partial charge in [-0.2, -0.15) is 0 Å². The Morgan fingerprint density at radius 2 is 1.81 bits per heavy atom. The minimum Gasteiger partial charge on any atom is -0.323 e. The van der Waals surface area contributed by atoms with E-state index < -0.39 is 0 Å². The molecule has 0 bridgehead atoms. The van der Waals surface area contributed by atoms with Gasteiger partial charge in [0.1, 0.15) is 5.82 Å². The largest absolute Gasteiger partial charge is 0.323 e. The molecule has 1 nitrogen and oxygen atoms in total. The Morgan fingerprint density at radius 3 is 2.43 bits per heavy atom. The summed E-state index contributed by atoms with van der Waals surface area (Å²) in [5.41, 5.74) is 8.19.